The number of halogens is 3. The Balaban J connectivity index is 2.75. The van der Waals surface area contributed by atoms with Crippen molar-refractivity contribution in [2.24, 2.45) is 0 Å². The van der Waals surface area contributed by atoms with E-state index in [4.69, 9.17) is 23.2 Å². The van der Waals surface area contributed by atoms with Crippen molar-refractivity contribution in [2.45, 2.75) is 19.5 Å². The molecular formula is C11H14BrCl2N. The van der Waals surface area contributed by atoms with Gasteiger partial charge in [0.05, 0.1) is 0 Å². The van der Waals surface area contributed by atoms with Crippen LogP contribution in [0.1, 0.15) is 12.5 Å². The van der Waals surface area contributed by atoms with E-state index in [9.17, 15) is 0 Å². The summed E-state index contributed by atoms with van der Waals surface area (Å²) in [5.41, 5.74) is 1.07. The number of benzene rings is 1. The van der Waals surface area contributed by atoms with Crippen LogP contribution < -0.4 is 0 Å². The van der Waals surface area contributed by atoms with Crippen molar-refractivity contribution >= 4 is 39.1 Å². The molecule has 1 aromatic rings. The van der Waals surface area contributed by atoms with Crippen LogP contribution in [0.25, 0.3) is 0 Å². The standard InChI is InChI=1S/C11H14BrCl2N/c1-8(6-12)15(2)7-9-5-10(13)3-4-11(9)14/h3-5,8H,6-7H2,1-2H3. The van der Waals surface area contributed by atoms with Crippen LogP contribution in [0.2, 0.25) is 10.0 Å². The Hall–Kier alpha value is 0.240. The molecule has 1 rings (SSSR count). The molecule has 0 heterocycles. The van der Waals surface area contributed by atoms with Crippen molar-refractivity contribution in [3.8, 4) is 0 Å². The van der Waals surface area contributed by atoms with Crippen molar-refractivity contribution in [1.29, 1.82) is 0 Å². The second kappa shape index (κ2) is 6.09. The van der Waals surface area contributed by atoms with Crippen molar-refractivity contribution in [3.05, 3.63) is 33.8 Å². The van der Waals surface area contributed by atoms with Gasteiger partial charge in [0, 0.05) is 28.0 Å². The second-order valence-corrected chi connectivity index (χ2v) is 5.15. The molecule has 0 fully saturated rings. The minimum Gasteiger partial charge on any atom is -0.299 e. The van der Waals surface area contributed by atoms with Gasteiger partial charge in [-0.1, -0.05) is 39.1 Å². The predicted molar refractivity (Wildman–Crippen MR) is 71.2 cm³/mol. The summed E-state index contributed by atoms with van der Waals surface area (Å²) in [6.45, 7) is 2.97. The first-order chi connectivity index (χ1) is 7.04. The summed E-state index contributed by atoms with van der Waals surface area (Å²) in [6, 6.07) is 6.04. The molecule has 0 radical (unpaired) electrons. The lowest BCUT2D eigenvalue weighted by atomic mass is 10.2. The first-order valence-corrected chi connectivity index (χ1v) is 6.62. The quantitative estimate of drug-likeness (QED) is 0.753. The molecule has 0 bridgehead atoms. The van der Waals surface area contributed by atoms with E-state index in [0.29, 0.717) is 6.04 Å². The van der Waals surface area contributed by atoms with Crippen LogP contribution in [0.5, 0.6) is 0 Å². The van der Waals surface area contributed by atoms with Crippen LogP contribution in [0.3, 0.4) is 0 Å². The largest absolute Gasteiger partial charge is 0.299 e. The molecule has 1 unspecified atom stereocenters. The summed E-state index contributed by atoms with van der Waals surface area (Å²) in [5, 5.41) is 2.45. The van der Waals surface area contributed by atoms with Crippen molar-refractivity contribution in [3.63, 3.8) is 0 Å². The molecule has 15 heavy (non-hydrogen) atoms. The topological polar surface area (TPSA) is 3.24 Å². The molecule has 4 heteroatoms. The Morgan fingerprint density at radius 2 is 2.07 bits per heavy atom. The van der Waals surface area contributed by atoms with E-state index in [1.54, 1.807) is 6.07 Å². The fourth-order valence-corrected chi connectivity index (χ4v) is 2.07. The van der Waals surface area contributed by atoms with Gasteiger partial charge in [-0.3, -0.25) is 4.90 Å². The smallest absolute Gasteiger partial charge is 0.0452 e. The zero-order chi connectivity index (χ0) is 11.4. The Bertz CT molecular complexity index is 330. The Labute approximate surface area is 109 Å². The SMILES string of the molecule is CC(CBr)N(C)Cc1cc(Cl)ccc1Cl. The van der Waals surface area contributed by atoms with Crippen LogP contribution >= 0.6 is 39.1 Å². The van der Waals surface area contributed by atoms with Gasteiger partial charge in [-0.2, -0.15) is 0 Å². The average molecular weight is 311 g/mol. The summed E-state index contributed by atoms with van der Waals surface area (Å²) in [7, 11) is 2.07. The highest BCUT2D eigenvalue weighted by molar-refractivity contribution is 9.09. The van der Waals surface area contributed by atoms with Crippen LogP contribution in [0.4, 0.5) is 0 Å². The summed E-state index contributed by atoms with van der Waals surface area (Å²) >= 11 is 15.5. The minimum absolute atomic E-state index is 0.472. The lowest BCUT2D eigenvalue weighted by Crippen LogP contribution is -2.29. The molecular weight excluding hydrogens is 297 g/mol. The van der Waals surface area contributed by atoms with Crippen LogP contribution in [-0.4, -0.2) is 23.3 Å². The monoisotopic (exact) mass is 309 g/mol. The molecule has 1 atom stereocenters. The van der Waals surface area contributed by atoms with E-state index in [1.165, 1.54) is 0 Å². The minimum atomic E-state index is 0.472. The number of hydrogen-bond acceptors (Lipinski definition) is 1. The van der Waals surface area contributed by atoms with Crippen LogP contribution in [0.15, 0.2) is 18.2 Å². The van der Waals surface area contributed by atoms with Gasteiger partial charge in [0.15, 0.2) is 0 Å². The molecule has 0 amide bonds. The van der Waals surface area contributed by atoms with Gasteiger partial charge in [-0.25, -0.2) is 0 Å². The summed E-state index contributed by atoms with van der Waals surface area (Å²) in [5.74, 6) is 0. The molecule has 0 aliphatic rings. The highest BCUT2D eigenvalue weighted by Crippen LogP contribution is 2.22. The van der Waals surface area contributed by atoms with Gasteiger partial charge in [0.2, 0.25) is 0 Å². The molecule has 0 aliphatic carbocycles. The second-order valence-electron chi connectivity index (χ2n) is 3.65. The zero-order valence-corrected chi connectivity index (χ0v) is 11.9. The van der Waals surface area contributed by atoms with Gasteiger partial charge in [-0.15, -0.1) is 0 Å². The molecule has 0 saturated heterocycles. The van der Waals surface area contributed by atoms with Gasteiger partial charge in [-0.05, 0) is 37.7 Å². The third-order valence-electron chi connectivity index (χ3n) is 2.40. The molecule has 84 valence electrons. The lowest BCUT2D eigenvalue weighted by Gasteiger charge is -2.23. The molecule has 0 aliphatic heterocycles. The third kappa shape index (κ3) is 3.95. The highest BCUT2D eigenvalue weighted by atomic mass is 79.9. The summed E-state index contributed by atoms with van der Waals surface area (Å²) in [6.07, 6.45) is 0. The Morgan fingerprint density at radius 1 is 1.40 bits per heavy atom. The first-order valence-electron chi connectivity index (χ1n) is 4.74. The van der Waals surface area contributed by atoms with E-state index in [2.05, 4.69) is 34.8 Å². The van der Waals surface area contributed by atoms with Crippen molar-refractivity contribution < 1.29 is 0 Å². The van der Waals surface area contributed by atoms with E-state index < -0.39 is 0 Å². The predicted octanol–water partition coefficient (Wildman–Crippen LogP) is 4.21. The molecule has 0 spiro atoms. The lowest BCUT2D eigenvalue weighted by molar-refractivity contribution is 0.271. The molecule has 0 saturated carbocycles. The van der Waals surface area contributed by atoms with E-state index in [0.717, 1.165) is 27.5 Å². The maximum absolute atomic E-state index is 6.09. The summed E-state index contributed by atoms with van der Waals surface area (Å²) < 4.78 is 0. The fourth-order valence-electron chi connectivity index (χ4n) is 1.21. The number of rotatable bonds is 4. The van der Waals surface area contributed by atoms with Gasteiger partial charge < -0.3 is 0 Å². The molecule has 0 N–H and O–H groups in total. The van der Waals surface area contributed by atoms with E-state index in [-0.39, 0.29) is 0 Å². The van der Waals surface area contributed by atoms with Crippen molar-refractivity contribution in [1.82, 2.24) is 4.90 Å². The maximum atomic E-state index is 6.09. The van der Waals surface area contributed by atoms with Crippen molar-refractivity contribution in [2.75, 3.05) is 12.4 Å². The number of alkyl halides is 1. The molecule has 1 nitrogen and oxygen atoms in total. The Morgan fingerprint density at radius 3 is 2.67 bits per heavy atom. The van der Waals surface area contributed by atoms with Crippen LogP contribution in [-0.2, 0) is 6.54 Å². The average Bonchev–Trinajstić information content (AvgIpc) is 2.22. The van der Waals surface area contributed by atoms with Gasteiger partial charge >= 0.3 is 0 Å². The number of nitrogens with zero attached hydrogens (tertiary/aromatic N) is 1. The van der Waals surface area contributed by atoms with Gasteiger partial charge in [0.1, 0.15) is 0 Å². The third-order valence-corrected chi connectivity index (χ3v) is 3.94. The fraction of sp³-hybridized carbons (Fsp3) is 0.455. The normalized spacial score (nSPS) is 13.2. The van der Waals surface area contributed by atoms with E-state index in [1.807, 2.05) is 12.1 Å². The molecule has 0 aromatic heterocycles. The highest BCUT2D eigenvalue weighted by Gasteiger charge is 2.10. The van der Waals surface area contributed by atoms with Gasteiger partial charge in [0.25, 0.3) is 0 Å². The zero-order valence-electron chi connectivity index (χ0n) is 8.80. The Kier molecular flexibility index (Phi) is 5.41. The molecule has 1 aromatic carbocycles. The summed E-state index contributed by atoms with van der Waals surface area (Å²) in [4.78, 5) is 2.23. The van der Waals surface area contributed by atoms with Crippen LogP contribution in [0, 0.1) is 0 Å². The number of hydrogen-bond donors (Lipinski definition) is 0. The maximum Gasteiger partial charge on any atom is 0.0452 e. The first kappa shape index (κ1) is 13.3. The van der Waals surface area contributed by atoms with E-state index >= 15 is 0 Å².